The van der Waals surface area contributed by atoms with Crippen LogP contribution in [-0.2, 0) is 6.54 Å². The van der Waals surface area contributed by atoms with E-state index in [-0.39, 0.29) is 11.9 Å². The molecule has 2 aromatic carbocycles. The van der Waals surface area contributed by atoms with Gasteiger partial charge in [0.25, 0.3) is 5.91 Å². The van der Waals surface area contributed by atoms with Gasteiger partial charge in [-0.3, -0.25) is 4.79 Å². The number of carbonyl (C=O) groups excluding carboxylic acids is 1. The highest BCUT2D eigenvalue weighted by Gasteiger charge is 2.20. The van der Waals surface area contributed by atoms with Crippen LogP contribution in [0.5, 0.6) is 0 Å². The molecule has 110 valence electrons. The molecule has 21 heavy (non-hydrogen) atoms. The van der Waals surface area contributed by atoms with Gasteiger partial charge in [0.05, 0.1) is 0 Å². The van der Waals surface area contributed by atoms with Crippen molar-refractivity contribution in [1.29, 1.82) is 0 Å². The second-order valence-corrected chi connectivity index (χ2v) is 6.03. The van der Waals surface area contributed by atoms with E-state index in [1.165, 1.54) is 0 Å². The largest absolute Gasteiger partial charge is 0.332 e. The Morgan fingerprint density at radius 3 is 2.43 bits per heavy atom. The van der Waals surface area contributed by atoms with Crippen LogP contribution in [0.15, 0.2) is 53.4 Å². The predicted molar refractivity (Wildman–Crippen MR) is 89.9 cm³/mol. The van der Waals surface area contributed by atoms with E-state index < -0.39 is 0 Å². The van der Waals surface area contributed by atoms with Gasteiger partial charge in [-0.15, -0.1) is 12.6 Å². The van der Waals surface area contributed by atoms with Gasteiger partial charge in [0.1, 0.15) is 0 Å². The Kier molecular flexibility index (Phi) is 5.07. The molecular weight excluding hydrogens is 278 g/mol. The molecule has 2 rings (SSSR count). The normalized spacial score (nSPS) is 10.7. The molecule has 0 aliphatic heterocycles. The van der Waals surface area contributed by atoms with Crippen molar-refractivity contribution >= 4 is 18.5 Å². The lowest BCUT2D eigenvalue weighted by Crippen LogP contribution is -2.36. The van der Waals surface area contributed by atoms with E-state index in [9.17, 15) is 4.79 Å². The van der Waals surface area contributed by atoms with Crippen molar-refractivity contribution in [2.75, 3.05) is 0 Å². The van der Waals surface area contributed by atoms with Crippen LogP contribution >= 0.6 is 12.6 Å². The van der Waals surface area contributed by atoms with Gasteiger partial charge < -0.3 is 4.90 Å². The molecule has 0 aromatic heterocycles. The van der Waals surface area contributed by atoms with E-state index in [0.29, 0.717) is 6.54 Å². The highest BCUT2D eigenvalue weighted by molar-refractivity contribution is 7.80. The van der Waals surface area contributed by atoms with Gasteiger partial charge in [-0.1, -0.05) is 36.4 Å². The SMILES string of the molecule is Cc1ccc(S)cc1C(=O)N(Cc1ccccc1)C(C)C. The molecule has 0 radical (unpaired) electrons. The molecule has 0 saturated carbocycles. The van der Waals surface area contributed by atoms with E-state index in [1.807, 2.05) is 74.2 Å². The smallest absolute Gasteiger partial charge is 0.254 e. The fourth-order valence-corrected chi connectivity index (χ4v) is 2.47. The Bertz CT molecular complexity index is 622. The Balaban J connectivity index is 2.30. The van der Waals surface area contributed by atoms with Gasteiger partial charge in [-0.25, -0.2) is 0 Å². The van der Waals surface area contributed by atoms with Crippen LogP contribution in [0.3, 0.4) is 0 Å². The first-order chi connectivity index (χ1) is 9.99. The van der Waals surface area contributed by atoms with Crippen LogP contribution in [0.4, 0.5) is 0 Å². The van der Waals surface area contributed by atoms with Crippen molar-refractivity contribution in [3.05, 3.63) is 65.2 Å². The van der Waals surface area contributed by atoms with Crippen LogP contribution in [0.2, 0.25) is 0 Å². The van der Waals surface area contributed by atoms with Crippen molar-refractivity contribution in [2.45, 2.75) is 38.3 Å². The maximum absolute atomic E-state index is 12.9. The summed E-state index contributed by atoms with van der Waals surface area (Å²) in [5.41, 5.74) is 2.85. The zero-order valence-electron chi connectivity index (χ0n) is 12.7. The number of amides is 1. The minimum absolute atomic E-state index is 0.0576. The second-order valence-electron chi connectivity index (χ2n) is 5.51. The highest BCUT2D eigenvalue weighted by atomic mass is 32.1. The van der Waals surface area contributed by atoms with Crippen molar-refractivity contribution in [3.63, 3.8) is 0 Å². The zero-order valence-corrected chi connectivity index (χ0v) is 13.6. The van der Waals surface area contributed by atoms with Gasteiger partial charge in [0, 0.05) is 23.0 Å². The second kappa shape index (κ2) is 6.81. The van der Waals surface area contributed by atoms with Crippen LogP contribution in [0.1, 0.15) is 35.3 Å². The number of rotatable bonds is 4. The van der Waals surface area contributed by atoms with Crippen molar-refractivity contribution in [1.82, 2.24) is 4.90 Å². The first kappa shape index (κ1) is 15.6. The van der Waals surface area contributed by atoms with E-state index in [1.54, 1.807) is 0 Å². The summed E-state index contributed by atoms with van der Waals surface area (Å²) < 4.78 is 0. The average Bonchev–Trinajstić information content (AvgIpc) is 2.47. The first-order valence-corrected chi connectivity index (χ1v) is 7.58. The van der Waals surface area contributed by atoms with Crippen molar-refractivity contribution in [3.8, 4) is 0 Å². The number of carbonyl (C=O) groups is 1. The molecule has 0 bridgehead atoms. The summed E-state index contributed by atoms with van der Waals surface area (Å²) in [5.74, 6) is 0.0576. The molecule has 0 fully saturated rings. The quantitative estimate of drug-likeness (QED) is 0.833. The van der Waals surface area contributed by atoms with Gasteiger partial charge in [-0.05, 0) is 44.0 Å². The van der Waals surface area contributed by atoms with Crippen LogP contribution in [0, 0.1) is 6.92 Å². The number of thiol groups is 1. The summed E-state index contributed by atoms with van der Waals surface area (Å²) >= 11 is 4.34. The third kappa shape index (κ3) is 3.88. The summed E-state index contributed by atoms with van der Waals surface area (Å²) in [6.45, 7) is 6.66. The fraction of sp³-hybridized carbons (Fsp3) is 0.278. The topological polar surface area (TPSA) is 20.3 Å². The molecule has 2 aromatic rings. The first-order valence-electron chi connectivity index (χ1n) is 7.13. The Labute approximate surface area is 132 Å². The molecule has 0 heterocycles. The summed E-state index contributed by atoms with van der Waals surface area (Å²) in [6.07, 6.45) is 0. The molecule has 3 heteroatoms. The van der Waals surface area contributed by atoms with Crippen LogP contribution < -0.4 is 0 Å². The number of hydrogen-bond donors (Lipinski definition) is 1. The third-order valence-corrected chi connectivity index (χ3v) is 3.81. The maximum Gasteiger partial charge on any atom is 0.254 e. The van der Waals surface area contributed by atoms with E-state index in [0.717, 1.165) is 21.6 Å². The molecule has 0 unspecified atom stereocenters. The monoisotopic (exact) mass is 299 g/mol. The molecule has 0 atom stereocenters. The van der Waals surface area contributed by atoms with E-state index >= 15 is 0 Å². The minimum Gasteiger partial charge on any atom is -0.332 e. The van der Waals surface area contributed by atoms with Crippen molar-refractivity contribution in [2.24, 2.45) is 0 Å². The number of nitrogens with zero attached hydrogens (tertiary/aromatic N) is 1. The van der Waals surface area contributed by atoms with Crippen LogP contribution in [0.25, 0.3) is 0 Å². The molecule has 0 aliphatic rings. The Morgan fingerprint density at radius 2 is 1.81 bits per heavy atom. The molecular formula is C18H21NOS. The molecule has 0 spiro atoms. The zero-order chi connectivity index (χ0) is 15.4. The van der Waals surface area contributed by atoms with Gasteiger partial charge in [0.15, 0.2) is 0 Å². The molecule has 1 amide bonds. The molecule has 0 aliphatic carbocycles. The Morgan fingerprint density at radius 1 is 1.14 bits per heavy atom. The molecule has 0 N–H and O–H groups in total. The number of benzene rings is 2. The predicted octanol–water partition coefficient (Wildman–Crippen LogP) is 4.33. The highest BCUT2D eigenvalue weighted by Crippen LogP contribution is 2.19. The minimum atomic E-state index is 0.0576. The van der Waals surface area contributed by atoms with E-state index in [2.05, 4.69) is 12.6 Å². The standard InChI is InChI=1S/C18H21NOS/c1-13(2)19(12-15-7-5-4-6-8-15)18(20)17-11-16(21)10-9-14(17)3/h4-11,13,21H,12H2,1-3H3. The summed E-state index contributed by atoms with van der Waals surface area (Å²) in [6, 6.07) is 15.9. The fourth-order valence-electron chi connectivity index (χ4n) is 2.26. The summed E-state index contributed by atoms with van der Waals surface area (Å²) in [4.78, 5) is 15.6. The van der Waals surface area contributed by atoms with Gasteiger partial charge >= 0.3 is 0 Å². The van der Waals surface area contributed by atoms with Crippen LogP contribution in [-0.4, -0.2) is 16.8 Å². The third-order valence-electron chi connectivity index (χ3n) is 3.53. The molecule has 0 saturated heterocycles. The lowest BCUT2D eigenvalue weighted by Gasteiger charge is -2.27. The number of aryl methyl sites for hydroxylation is 1. The average molecular weight is 299 g/mol. The van der Waals surface area contributed by atoms with E-state index in [4.69, 9.17) is 0 Å². The Hall–Kier alpha value is -1.74. The van der Waals surface area contributed by atoms with Crippen molar-refractivity contribution < 1.29 is 4.79 Å². The lowest BCUT2D eigenvalue weighted by atomic mass is 10.1. The number of hydrogen-bond acceptors (Lipinski definition) is 2. The van der Waals surface area contributed by atoms with Gasteiger partial charge in [-0.2, -0.15) is 0 Å². The maximum atomic E-state index is 12.9. The van der Waals surface area contributed by atoms with Gasteiger partial charge in [0.2, 0.25) is 0 Å². The summed E-state index contributed by atoms with van der Waals surface area (Å²) in [7, 11) is 0. The summed E-state index contributed by atoms with van der Waals surface area (Å²) in [5, 5.41) is 0. The molecule has 2 nitrogen and oxygen atoms in total. The lowest BCUT2D eigenvalue weighted by molar-refractivity contribution is 0.0689.